The van der Waals surface area contributed by atoms with E-state index < -0.39 is 6.29 Å². The number of aliphatic hydroxyl groups is 2. The largest absolute Gasteiger partial charge is 0.383 e. The van der Waals surface area contributed by atoms with Crippen LogP contribution in [0.3, 0.4) is 0 Å². The van der Waals surface area contributed by atoms with E-state index in [1.165, 1.54) is 33.6 Å². The van der Waals surface area contributed by atoms with Crippen molar-refractivity contribution < 1.29 is 14.9 Å². The first-order valence-corrected chi connectivity index (χ1v) is 11.9. The minimum absolute atomic E-state index is 0.380. The molecule has 3 N–H and O–H groups in total. The average Bonchev–Trinajstić information content (AvgIpc) is 3.30. The normalized spacial score (nSPS) is 17.4. The van der Waals surface area contributed by atoms with Crippen LogP contribution < -0.4 is 10.2 Å². The number of hydrogen-bond donors (Lipinski definition) is 3. The number of pyridine rings is 1. The second-order valence-electron chi connectivity index (χ2n) is 9.00. The molecule has 1 atom stereocenters. The number of aliphatic hydroxyl groups excluding tert-OH is 1. The monoisotopic (exact) mass is 457 g/mol. The molecule has 0 radical (unpaired) electrons. The van der Waals surface area contributed by atoms with Gasteiger partial charge in [0.2, 0.25) is 0 Å². The summed E-state index contributed by atoms with van der Waals surface area (Å²) in [5.41, 5.74) is 8.85. The topological polar surface area (TPSA) is 77.9 Å². The van der Waals surface area contributed by atoms with E-state index in [4.69, 9.17) is 4.74 Å². The Morgan fingerprint density at radius 1 is 1.09 bits per heavy atom. The maximum absolute atomic E-state index is 9.59. The van der Waals surface area contributed by atoms with Crippen LogP contribution in [0, 0.1) is 0 Å². The number of rotatable bonds is 7. The van der Waals surface area contributed by atoms with Crippen molar-refractivity contribution in [3.63, 3.8) is 0 Å². The van der Waals surface area contributed by atoms with Crippen molar-refractivity contribution in [2.45, 2.75) is 31.5 Å². The predicted molar refractivity (Wildman–Crippen MR) is 135 cm³/mol. The van der Waals surface area contributed by atoms with Gasteiger partial charge >= 0.3 is 0 Å². The Kier molecular flexibility index (Phi) is 6.63. The van der Waals surface area contributed by atoms with E-state index in [1.807, 2.05) is 0 Å². The van der Waals surface area contributed by atoms with E-state index in [9.17, 15) is 10.2 Å². The summed E-state index contributed by atoms with van der Waals surface area (Å²) in [6, 6.07) is 17.1. The lowest BCUT2D eigenvalue weighted by molar-refractivity contribution is -0.0419. The summed E-state index contributed by atoms with van der Waals surface area (Å²) in [5.74, 6) is 0.380. The van der Waals surface area contributed by atoms with Crippen LogP contribution in [0.5, 0.6) is 0 Å². The summed E-state index contributed by atoms with van der Waals surface area (Å²) >= 11 is 0. The molecule has 0 unspecified atom stereocenters. The van der Waals surface area contributed by atoms with Gasteiger partial charge in [-0.1, -0.05) is 24.3 Å². The number of fused-ring (bicyclic) bond motifs is 1. The molecule has 6 nitrogen and oxygen atoms in total. The third-order valence-corrected chi connectivity index (χ3v) is 6.98. The number of ether oxygens (including phenoxy) is 1. The Morgan fingerprint density at radius 2 is 1.91 bits per heavy atom. The summed E-state index contributed by atoms with van der Waals surface area (Å²) in [6.07, 6.45) is 6.96. The lowest BCUT2D eigenvalue weighted by Crippen LogP contribution is -2.13. The minimum atomic E-state index is -1.51. The van der Waals surface area contributed by atoms with Crippen molar-refractivity contribution in [2.75, 3.05) is 37.0 Å². The highest BCUT2D eigenvalue weighted by molar-refractivity contribution is 5.70. The summed E-state index contributed by atoms with van der Waals surface area (Å²) in [6.45, 7) is 2.23. The molecule has 34 heavy (non-hydrogen) atoms. The maximum atomic E-state index is 9.59. The van der Waals surface area contributed by atoms with E-state index in [2.05, 4.69) is 70.8 Å². The summed E-state index contributed by atoms with van der Waals surface area (Å²) in [7, 11) is 2.11. The van der Waals surface area contributed by atoms with E-state index in [-0.39, 0.29) is 0 Å². The molecule has 5 rings (SSSR count). The lowest BCUT2D eigenvalue weighted by Gasteiger charge is -2.22. The molecule has 0 amide bonds. The van der Waals surface area contributed by atoms with Gasteiger partial charge in [0.1, 0.15) is 0 Å². The first kappa shape index (κ1) is 22.6. The molecule has 6 heteroatoms. The third-order valence-electron chi connectivity index (χ3n) is 6.98. The molecule has 176 valence electrons. The summed E-state index contributed by atoms with van der Waals surface area (Å²) < 4.78 is 5.43. The summed E-state index contributed by atoms with van der Waals surface area (Å²) in [4.78, 5) is 6.34. The molecule has 0 saturated heterocycles. The van der Waals surface area contributed by atoms with Crippen LogP contribution in [0.4, 0.5) is 17.1 Å². The van der Waals surface area contributed by atoms with Gasteiger partial charge in [-0.15, -0.1) is 0 Å². The fraction of sp³-hybridized carbons (Fsp3) is 0.321. The Morgan fingerprint density at radius 3 is 2.68 bits per heavy atom. The first-order chi connectivity index (χ1) is 16.6. The molecule has 1 aromatic heterocycles. The zero-order valence-corrected chi connectivity index (χ0v) is 19.4. The molecule has 2 heterocycles. The zero-order valence-electron chi connectivity index (χ0n) is 19.4. The molecular formula is C28H31N3O3. The van der Waals surface area contributed by atoms with Crippen LogP contribution in [-0.2, 0) is 11.2 Å². The number of hydrogen-bond acceptors (Lipinski definition) is 6. The van der Waals surface area contributed by atoms with Crippen molar-refractivity contribution in [1.29, 1.82) is 0 Å². The highest BCUT2D eigenvalue weighted by Crippen LogP contribution is 2.37. The molecule has 2 aromatic carbocycles. The molecule has 1 aliphatic carbocycles. The first-order valence-electron chi connectivity index (χ1n) is 11.9. The van der Waals surface area contributed by atoms with Crippen LogP contribution >= 0.6 is 0 Å². The number of nitrogens with zero attached hydrogens (tertiary/aromatic N) is 2. The van der Waals surface area contributed by atoms with Gasteiger partial charge < -0.3 is 25.2 Å². The van der Waals surface area contributed by atoms with Gasteiger partial charge in [-0.25, -0.2) is 0 Å². The lowest BCUT2D eigenvalue weighted by atomic mass is 10.00. The Balaban J connectivity index is 1.27. The van der Waals surface area contributed by atoms with Crippen molar-refractivity contribution in [2.24, 2.45) is 0 Å². The number of nitrogens with one attached hydrogen (secondary N) is 1. The van der Waals surface area contributed by atoms with Crippen molar-refractivity contribution >= 4 is 22.6 Å². The molecule has 1 aliphatic heterocycles. The smallest absolute Gasteiger partial charge is 0.180 e. The fourth-order valence-corrected chi connectivity index (χ4v) is 4.96. The molecular weight excluding hydrogens is 426 g/mol. The van der Waals surface area contributed by atoms with Crippen molar-refractivity contribution in [3.05, 3.63) is 89.3 Å². The molecule has 3 aromatic rings. The maximum Gasteiger partial charge on any atom is 0.180 e. The highest BCUT2D eigenvalue weighted by Gasteiger charge is 2.24. The van der Waals surface area contributed by atoms with Crippen LogP contribution in [0.25, 0.3) is 5.57 Å². The van der Waals surface area contributed by atoms with Crippen LogP contribution in [0.1, 0.15) is 47.3 Å². The van der Waals surface area contributed by atoms with Gasteiger partial charge in [0, 0.05) is 42.6 Å². The zero-order chi connectivity index (χ0) is 23.5. The molecule has 2 aliphatic rings. The Labute approximate surface area is 200 Å². The summed E-state index contributed by atoms with van der Waals surface area (Å²) in [5, 5.41) is 22.5. The van der Waals surface area contributed by atoms with Crippen molar-refractivity contribution in [1.82, 2.24) is 4.98 Å². The second kappa shape index (κ2) is 9.97. The molecule has 0 saturated carbocycles. The molecule has 0 fully saturated rings. The molecule has 0 bridgehead atoms. The highest BCUT2D eigenvalue weighted by atomic mass is 16.5. The van der Waals surface area contributed by atoms with E-state index in [0.717, 1.165) is 32.4 Å². The van der Waals surface area contributed by atoms with Gasteiger partial charge in [0.05, 0.1) is 25.1 Å². The Hall–Kier alpha value is -3.19. The third kappa shape index (κ3) is 4.71. The van der Waals surface area contributed by atoms with Gasteiger partial charge in [0.25, 0.3) is 0 Å². The molecule has 0 spiro atoms. The average molecular weight is 458 g/mol. The second-order valence-corrected chi connectivity index (χ2v) is 9.00. The van der Waals surface area contributed by atoms with Crippen LogP contribution in [0.2, 0.25) is 0 Å². The Bertz CT molecular complexity index is 1170. The number of aromatic nitrogens is 1. The van der Waals surface area contributed by atoms with Gasteiger partial charge in [-0.3, -0.25) is 4.98 Å². The SMILES string of the molecule is CN(c1ccc(C2=CCOCC2)cc1)c1ccc2c(c1)CC[C@H]2CNc1cnccc1C(O)O. The standard InChI is InChI=1S/C28H31N3O3/c1-31(23-6-4-19(5-7-23)20-11-14-34-15-12-20)24-8-9-25-21(16-24)2-3-22(25)17-30-27-18-29-13-10-26(27)28(32)33/h4-11,13,16,18,22,28,30,32-33H,2-3,12,14-15,17H2,1H3/t22-/m0/s1. The number of benzene rings is 2. The fourth-order valence-electron chi connectivity index (χ4n) is 4.96. The quantitative estimate of drug-likeness (QED) is 0.443. The van der Waals surface area contributed by atoms with Gasteiger partial charge in [0.15, 0.2) is 6.29 Å². The van der Waals surface area contributed by atoms with E-state index in [1.54, 1.807) is 18.5 Å². The number of anilines is 3. The van der Waals surface area contributed by atoms with Crippen LogP contribution in [-0.4, -0.2) is 42.0 Å². The van der Waals surface area contributed by atoms with Gasteiger partial charge in [-0.2, -0.15) is 0 Å². The van der Waals surface area contributed by atoms with Crippen LogP contribution in [0.15, 0.2) is 67.0 Å². The van der Waals surface area contributed by atoms with E-state index in [0.29, 0.717) is 23.8 Å². The van der Waals surface area contributed by atoms with Gasteiger partial charge in [-0.05, 0) is 71.9 Å². The van der Waals surface area contributed by atoms with Crippen molar-refractivity contribution in [3.8, 4) is 0 Å². The number of aryl methyl sites for hydroxylation is 1. The van der Waals surface area contributed by atoms with E-state index >= 15 is 0 Å². The minimum Gasteiger partial charge on any atom is -0.383 e. The predicted octanol–water partition coefficient (Wildman–Crippen LogP) is 4.78.